The molecule has 42 heavy (non-hydrogen) atoms. The molecule has 0 aliphatic heterocycles. The minimum absolute atomic E-state index is 0.0863. The first-order valence-corrected chi connectivity index (χ1v) is 14.5. The summed E-state index contributed by atoms with van der Waals surface area (Å²) in [6.45, 7) is 2.28. The second-order valence-corrected chi connectivity index (χ2v) is 10.4. The lowest BCUT2D eigenvalue weighted by atomic mass is 9.97. The van der Waals surface area contributed by atoms with Crippen LogP contribution in [0.25, 0.3) is 10.8 Å². The fraction of sp³-hybridized carbons (Fsp3) is 0.286. The molecule has 4 rings (SSSR count). The van der Waals surface area contributed by atoms with Gasteiger partial charge in [0.15, 0.2) is 0 Å². The predicted octanol–water partition coefficient (Wildman–Crippen LogP) is 5.79. The summed E-state index contributed by atoms with van der Waals surface area (Å²) in [5.74, 6) is -0.838. The molecule has 3 amide bonds. The minimum atomic E-state index is -0.949. The van der Waals surface area contributed by atoms with Crippen molar-refractivity contribution < 1.29 is 19.1 Å². The number of urea groups is 1. The molecule has 0 spiro atoms. The summed E-state index contributed by atoms with van der Waals surface area (Å²) in [5, 5.41) is 5.07. The summed E-state index contributed by atoms with van der Waals surface area (Å²) in [7, 11) is 0. The first-order valence-electron chi connectivity index (χ1n) is 14.5. The summed E-state index contributed by atoms with van der Waals surface area (Å²) in [6.07, 6.45) is 1.75. The number of nitrogens with one attached hydrogen (secondary N) is 1. The highest BCUT2D eigenvalue weighted by molar-refractivity contribution is 5.97. The third kappa shape index (κ3) is 8.75. The normalized spacial score (nSPS) is 12.3. The zero-order valence-corrected chi connectivity index (χ0v) is 24.1. The molecule has 0 saturated heterocycles. The van der Waals surface area contributed by atoms with Crippen molar-refractivity contribution in [2.75, 3.05) is 6.61 Å². The van der Waals surface area contributed by atoms with E-state index < -0.39 is 24.0 Å². The van der Waals surface area contributed by atoms with Gasteiger partial charge in [-0.2, -0.15) is 0 Å². The number of nitrogens with two attached hydrogens (primary N) is 1. The Bertz CT molecular complexity index is 1460. The zero-order valence-electron chi connectivity index (χ0n) is 24.1. The SMILES string of the molecule is CCOC(=O)CC[C@H](CCc1ccccc1)N(C(=O)NCc1ccccc1)C(=O)[C@@H](N)Cc1ccc2ccccc2c1. The van der Waals surface area contributed by atoms with E-state index in [9.17, 15) is 14.4 Å². The lowest BCUT2D eigenvalue weighted by Gasteiger charge is -2.32. The summed E-state index contributed by atoms with van der Waals surface area (Å²) in [4.78, 5) is 41.3. The molecule has 0 bridgehead atoms. The maximum absolute atomic E-state index is 14.0. The van der Waals surface area contributed by atoms with Gasteiger partial charge in [-0.1, -0.05) is 103 Å². The van der Waals surface area contributed by atoms with Gasteiger partial charge in [0.2, 0.25) is 5.91 Å². The first-order chi connectivity index (χ1) is 20.4. The standard InChI is InChI=1S/C35H39N3O4/c1-2-42-33(39)22-21-31(20-18-26-11-5-3-6-12-26)38(35(41)37-25-27-13-7-4-8-14-27)34(40)32(36)24-28-17-19-29-15-9-10-16-30(29)23-28/h3-17,19,23,31-32H,2,18,20-22,24-25,36H2,1H3,(H,37,41)/t31-,32-/m0/s1. The molecule has 4 aromatic carbocycles. The lowest BCUT2D eigenvalue weighted by Crippen LogP contribution is -2.55. The number of carbonyl (C=O) groups excluding carboxylic acids is 3. The van der Waals surface area contributed by atoms with Crippen molar-refractivity contribution in [2.45, 2.75) is 57.7 Å². The highest BCUT2D eigenvalue weighted by Crippen LogP contribution is 2.20. The molecule has 0 aliphatic carbocycles. The van der Waals surface area contributed by atoms with E-state index in [1.165, 1.54) is 4.90 Å². The van der Waals surface area contributed by atoms with Gasteiger partial charge in [-0.3, -0.25) is 14.5 Å². The second kappa shape index (κ2) is 15.5. The van der Waals surface area contributed by atoms with E-state index in [0.29, 0.717) is 12.8 Å². The molecule has 0 aromatic heterocycles. The number of imide groups is 1. The third-order valence-corrected chi connectivity index (χ3v) is 7.29. The van der Waals surface area contributed by atoms with Crippen LogP contribution in [0.5, 0.6) is 0 Å². The molecular formula is C35H39N3O4. The van der Waals surface area contributed by atoms with Gasteiger partial charge in [-0.05, 0) is 60.1 Å². The van der Waals surface area contributed by atoms with Crippen molar-refractivity contribution in [1.82, 2.24) is 10.2 Å². The Kier molecular flexibility index (Phi) is 11.2. The average Bonchev–Trinajstić information content (AvgIpc) is 3.02. The van der Waals surface area contributed by atoms with Crippen LogP contribution in [-0.4, -0.2) is 41.5 Å². The van der Waals surface area contributed by atoms with Gasteiger partial charge in [-0.15, -0.1) is 0 Å². The Morgan fingerprint density at radius 3 is 2.12 bits per heavy atom. The number of ether oxygens (including phenoxy) is 1. The smallest absolute Gasteiger partial charge is 0.324 e. The number of esters is 1. The van der Waals surface area contributed by atoms with E-state index in [4.69, 9.17) is 10.5 Å². The topological polar surface area (TPSA) is 102 Å². The van der Waals surface area contributed by atoms with Gasteiger partial charge in [-0.25, -0.2) is 4.79 Å². The summed E-state index contributed by atoms with van der Waals surface area (Å²) in [5.41, 5.74) is 9.42. The second-order valence-electron chi connectivity index (χ2n) is 10.4. The number of hydrogen-bond donors (Lipinski definition) is 2. The van der Waals surface area contributed by atoms with E-state index in [-0.39, 0.29) is 38.4 Å². The summed E-state index contributed by atoms with van der Waals surface area (Å²) in [6, 6.07) is 31.3. The molecule has 0 radical (unpaired) electrons. The number of aryl methyl sites for hydroxylation is 1. The van der Waals surface area contributed by atoms with E-state index in [1.807, 2.05) is 103 Å². The molecule has 4 aromatic rings. The Balaban J connectivity index is 1.58. The summed E-state index contributed by atoms with van der Waals surface area (Å²) >= 11 is 0. The lowest BCUT2D eigenvalue weighted by molar-refractivity contribution is -0.144. The van der Waals surface area contributed by atoms with Crippen LogP contribution in [0.2, 0.25) is 0 Å². The van der Waals surface area contributed by atoms with Gasteiger partial charge in [0.05, 0.1) is 12.6 Å². The maximum atomic E-state index is 14.0. The molecule has 7 nitrogen and oxygen atoms in total. The van der Waals surface area contributed by atoms with E-state index in [2.05, 4.69) is 5.32 Å². The van der Waals surface area contributed by atoms with Crippen molar-refractivity contribution >= 4 is 28.7 Å². The van der Waals surface area contributed by atoms with Crippen molar-refractivity contribution in [1.29, 1.82) is 0 Å². The van der Waals surface area contributed by atoms with E-state index in [0.717, 1.165) is 27.5 Å². The van der Waals surface area contributed by atoms with Crippen LogP contribution in [-0.2, 0) is 33.7 Å². The van der Waals surface area contributed by atoms with Gasteiger partial charge in [0, 0.05) is 19.0 Å². The zero-order chi connectivity index (χ0) is 29.7. The average molecular weight is 566 g/mol. The van der Waals surface area contributed by atoms with Gasteiger partial charge < -0.3 is 15.8 Å². The highest BCUT2D eigenvalue weighted by atomic mass is 16.5. The molecule has 0 heterocycles. The number of fused-ring (bicyclic) bond motifs is 1. The van der Waals surface area contributed by atoms with Crippen LogP contribution >= 0.6 is 0 Å². The van der Waals surface area contributed by atoms with Crippen LogP contribution < -0.4 is 11.1 Å². The quantitative estimate of drug-likeness (QED) is 0.200. The molecule has 0 saturated carbocycles. The fourth-order valence-corrected chi connectivity index (χ4v) is 5.09. The van der Waals surface area contributed by atoms with Crippen LogP contribution in [0.3, 0.4) is 0 Å². The largest absolute Gasteiger partial charge is 0.466 e. The van der Waals surface area contributed by atoms with Crippen molar-refractivity contribution in [3.05, 3.63) is 120 Å². The molecule has 3 N–H and O–H groups in total. The Morgan fingerprint density at radius 2 is 1.43 bits per heavy atom. The predicted molar refractivity (Wildman–Crippen MR) is 166 cm³/mol. The van der Waals surface area contributed by atoms with Crippen LogP contribution in [0.1, 0.15) is 42.9 Å². The van der Waals surface area contributed by atoms with Crippen LogP contribution in [0, 0.1) is 0 Å². The van der Waals surface area contributed by atoms with Crippen molar-refractivity contribution in [3.8, 4) is 0 Å². The van der Waals surface area contributed by atoms with Gasteiger partial charge >= 0.3 is 12.0 Å². The van der Waals surface area contributed by atoms with Crippen LogP contribution in [0.4, 0.5) is 4.79 Å². The molecule has 0 fully saturated rings. The van der Waals surface area contributed by atoms with Crippen molar-refractivity contribution in [2.24, 2.45) is 5.73 Å². The van der Waals surface area contributed by atoms with Gasteiger partial charge in [0.25, 0.3) is 0 Å². The number of amides is 3. The fourth-order valence-electron chi connectivity index (χ4n) is 5.09. The molecular weight excluding hydrogens is 526 g/mol. The minimum Gasteiger partial charge on any atom is -0.466 e. The monoisotopic (exact) mass is 565 g/mol. The molecule has 7 heteroatoms. The number of rotatable bonds is 13. The third-order valence-electron chi connectivity index (χ3n) is 7.29. The number of nitrogens with zero attached hydrogens (tertiary/aromatic N) is 1. The number of carbonyl (C=O) groups is 3. The van der Waals surface area contributed by atoms with Crippen LogP contribution in [0.15, 0.2) is 103 Å². The Labute approximate surface area is 247 Å². The first kappa shape index (κ1) is 30.5. The Morgan fingerprint density at radius 1 is 0.786 bits per heavy atom. The maximum Gasteiger partial charge on any atom is 0.324 e. The highest BCUT2D eigenvalue weighted by Gasteiger charge is 2.33. The van der Waals surface area contributed by atoms with Gasteiger partial charge in [0.1, 0.15) is 0 Å². The number of benzene rings is 4. The molecule has 2 atom stereocenters. The van der Waals surface area contributed by atoms with Crippen molar-refractivity contribution in [3.63, 3.8) is 0 Å². The van der Waals surface area contributed by atoms with E-state index in [1.54, 1.807) is 6.92 Å². The molecule has 218 valence electrons. The Hall–Kier alpha value is -4.49. The molecule has 0 aliphatic rings. The van der Waals surface area contributed by atoms with E-state index >= 15 is 0 Å². The molecule has 0 unspecified atom stereocenters. The summed E-state index contributed by atoms with van der Waals surface area (Å²) < 4.78 is 5.16. The number of hydrogen-bond acceptors (Lipinski definition) is 5.